The summed E-state index contributed by atoms with van der Waals surface area (Å²) in [5.41, 5.74) is 5.68. The maximum Gasteiger partial charge on any atom is 0.265 e. The second-order valence-corrected chi connectivity index (χ2v) is 5.32. The molecular formula is C13H19BrFN5O2. The van der Waals surface area contributed by atoms with Gasteiger partial charge in [-0.1, -0.05) is 6.92 Å². The van der Waals surface area contributed by atoms with E-state index in [1.54, 1.807) is 7.05 Å². The highest BCUT2D eigenvalue weighted by molar-refractivity contribution is 9.10. The molecule has 7 nitrogen and oxygen atoms in total. The summed E-state index contributed by atoms with van der Waals surface area (Å²) in [6.07, 6.45) is 4.39. The van der Waals surface area contributed by atoms with Crippen molar-refractivity contribution in [3.8, 4) is 0 Å². The average Bonchev–Trinajstić information content (AvgIpc) is 2.42. The largest absolute Gasteiger partial charge is 0.384 e. The van der Waals surface area contributed by atoms with Gasteiger partial charge in [-0.15, -0.1) is 0 Å². The van der Waals surface area contributed by atoms with Crippen molar-refractivity contribution in [2.45, 2.75) is 13.3 Å². The second kappa shape index (κ2) is 8.66. The van der Waals surface area contributed by atoms with Crippen LogP contribution in [0.2, 0.25) is 0 Å². The van der Waals surface area contributed by atoms with Crippen LogP contribution < -0.4 is 11.6 Å². The number of hydrogen-bond acceptors (Lipinski definition) is 6. The SMILES string of the molecule is CCCOCN(C(=O)c1c(F)cncc1Br)/C(N)=C/N(C)N. The fraction of sp³-hybridized carbons (Fsp3) is 0.385. The lowest BCUT2D eigenvalue weighted by Gasteiger charge is -2.24. The summed E-state index contributed by atoms with van der Waals surface area (Å²) in [6, 6.07) is 0. The number of halogens is 2. The van der Waals surface area contributed by atoms with Gasteiger partial charge < -0.3 is 15.5 Å². The molecule has 4 N–H and O–H groups in total. The molecule has 1 amide bonds. The molecule has 0 bridgehead atoms. The highest BCUT2D eigenvalue weighted by Crippen LogP contribution is 2.21. The Hall–Kier alpha value is -1.71. The molecule has 0 radical (unpaired) electrons. The van der Waals surface area contributed by atoms with Crippen LogP contribution in [0.1, 0.15) is 23.7 Å². The van der Waals surface area contributed by atoms with Gasteiger partial charge in [0.15, 0.2) is 5.82 Å². The van der Waals surface area contributed by atoms with Crippen LogP contribution in [-0.2, 0) is 4.74 Å². The molecule has 0 spiro atoms. The van der Waals surface area contributed by atoms with E-state index in [-0.39, 0.29) is 22.6 Å². The molecule has 22 heavy (non-hydrogen) atoms. The van der Waals surface area contributed by atoms with Gasteiger partial charge in [-0.25, -0.2) is 10.2 Å². The molecule has 1 heterocycles. The molecule has 0 aliphatic rings. The number of amides is 1. The quantitative estimate of drug-likeness (QED) is 0.323. The average molecular weight is 376 g/mol. The summed E-state index contributed by atoms with van der Waals surface area (Å²) in [5.74, 6) is 4.12. The Morgan fingerprint density at radius 1 is 1.55 bits per heavy atom. The zero-order chi connectivity index (χ0) is 16.7. The van der Waals surface area contributed by atoms with Crippen LogP contribution in [0.4, 0.5) is 4.39 Å². The Morgan fingerprint density at radius 2 is 2.23 bits per heavy atom. The van der Waals surface area contributed by atoms with Crippen molar-refractivity contribution in [2.24, 2.45) is 11.6 Å². The predicted octanol–water partition coefficient (Wildman–Crippen LogP) is 1.37. The van der Waals surface area contributed by atoms with Crippen molar-refractivity contribution < 1.29 is 13.9 Å². The molecule has 0 fully saturated rings. The van der Waals surface area contributed by atoms with Crippen LogP contribution >= 0.6 is 15.9 Å². The zero-order valence-electron chi connectivity index (χ0n) is 12.4. The number of nitrogens with two attached hydrogens (primary N) is 2. The predicted molar refractivity (Wildman–Crippen MR) is 83.4 cm³/mol. The van der Waals surface area contributed by atoms with Crippen LogP contribution in [0, 0.1) is 5.82 Å². The summed E-state index contributed by atoms with van der Waals surface area (Å²) in [6.45, 7) is 2.25. The molecule has 0 aliphatic carbocycles. The number of aromatic nitrogens is 1. The minimum atomic E-state index is -0.756. The molecule has 0 aromatic carbocycles. The number of carbonyl (C=O) groups excluding carboxylic acids is 1. The van der Waals surface area contributed by atoms with Crippen molar-refractivity contribution in [3.63, 3.8) is 0 Å². The molecule has 0 aliphatic heterocycles. The zero-order valence-corrected chi connectivity index (χ0v) is 14.0. The fourth-order valence-corrected chi connectivity index (χ4v) is 2.06. The summed E-state index contributed by atoms with van der Waals surface area (Å²) in [7, 11) is 1.55. The molecule has 0 saturated heterocycles. The van der Waals surface area contributed by atoms with Gasteiger partial charge in [0, 0.05) is 19.9 Å². The van der Waals surface area contributed by atoms with E-state index in [9.17, 15) is 9.18 Å². The molecule has 1 rings (SSSR count). The standard InChI is InChI=1S/C13H19BrFN5O2/c1-3-4-22-8-20(11(16)7-19(2)17)13(21)12-9(14)5-18-6-10(12)15/h5-7H,3-4,8,16-17H2,1-2H3/b11-7+. The van der Waals surface area contributed by atoms with Gasteiger partial charge in [0.1, 0.15) is 12.6 Å². The highest BCUT2D eigenvalue weighted by Gasteiger charge is 2.24. The van der Waals surface area contributed by atoms with Gasteiger partial charge in [-0.2, -0.15) is 0 Å². The van der Waals surface area contributed by atoms with E-state index in [2.05, 4.69) is 20.9 Å². The van der Waals surface area contributed by atoms with Crippen LogP contribution in [0.3, 0.4) is 0 Å². The number of carbonyl (C=O) groups is 1. The Kier molecular flexibility index (Phi) is 7.22. The molecule has 0 saturated carbocycles. The van der Waals surface area contributed by atoms with E-state index in [4.69, 9.17) is 16.3 Å². The van der Waals surface area contributed by atoms with Gasteiger partial charge in [0.05, 0.1) is 22.4 Å². The van der Waals surface area contributed by atoms with E-state index < -0.39 is 11.7 Å². The van der Waals surface area contributed by atoms with Gasteiger partial charge in [0.25, 0.3) is 5.91 Å². The van der Waals surface area contributed by atoms with Gasteiger partial charge in [-0.3, -0.25) is 14.7 Å². The Morgan fingerprint density at radius 3 is 2.77 bits per heavy atom. The molecule has 1 aromatic rings. The van der Waals surface area contributed by atoms with E-state index in [0.717, 1.165) is 17.5 Å². The van der Waals surface area contributed by atoms with Crippen LogP contribution in [0.5, 0.6) is 0 Å². The molecule has 0 atom stereocenters. The lowest BCUT2D eigenvalue weighted by molar-refractivity contribution is 0.0350. The second-order valence-electron chi connectivity index (χ2n) is 4.47. The van der Waals surface area contributed by atoms with Crippen LogP contribution in [0.15, 0.2) is 28.9 Å². The molecule has 9 heteroatoms. The monoisotopic (exact) mass is 375 g/mol. The summed E-state index contributed by atoms with van der Waals surface area (Å²) < 4.78 is 19.5. The van der Waals surface area contributed by atoms with Crippen LogP contribution in [0.25, 0.3) is 0 Å². The van der Waals surface area contributed by atoms with Crippen molar-refractivity contribution in [1.29, 1.82) is 0 Å². The molecular weight excluding hydrogens is 357 g/mol. The fourth-order valence-electron chi connectivity index (χ4n) is 1.58. The first-order valence-corrected chi connectivity index (χ1v) is 7.31. The molecule has 122 valence electrons. The van der Waals surface area contributed by atoms with Crippen molar-refractivity contribution >= 4 is 21.8 Å². The Bertz CT molecular complexity index is 533. The van der Waals surface area contributed by atoms with Gasteiger partial charge >= 0.3 is 0 Å². The Balaban J connectivity index is 3.11. The van der Waals surface area contributed by atoms with E-state index >= 15 is 0 Å². The Labute approximate surface area is 136 Å². The van der Waals surface area contributed by atoms with Crippen molar-refractivity contribution in [3.05, 3.63) is 40.3 Å². The maximum absolute atomic E-state index is 13.9. The third-order valence-corrected chi connectivity index (χ3v) is 3.13. The smallest absolute Gasteiger partial charge is 0.265 e. The maximum atomic E-state index is 13.9. The first-order chi connectivity index (χ1) is 10.4. The normalized spacial score (nSPS) is 11.4. The van der Waals surface area contributed by atoms with E-state index in [1.807, 2.05) is 6.92 Å². The summed E-state index contributed by atoms with van der Waals surface area (Å²) >= 11 is 3.11. The van der Waals surface area contributed by atoms with Crippen molar-refractivity contribution in [2.75, 3.05) is 20.4 Å². The number of ether oxygens (including phenoxy) is 1. The highest BCUT2D eigenvalue weighted by atomic mass is 79.9. The number of rotatable bonds is 7. The van der Waals surface area contributed by atoms with Crippen LogP contribution in [-0.4, -0.2) is 41.2 Å². The molecule has 1 aromatic heterocycles. The van der Waals surface area contributed by atoms with Gasteiger partial charge in [-0.05, 0) is 22.4 Å². The third-order valence-electron chi connectivity index (χ3n) is 2.53. The minimum Gasteiger partial charge on any atom is -0.384 e. The van der Waals surface area contributed by atoms with Crippen molar-refractivity contribution in [1.82, 2.24) is 14.9 Å². The number of nitrogens with zero attached hydrogens (tertiary/aromatic N) is 3. The minimum absolute atomic E-state index is 0.0363. The van der Waals surface area contributed by atoms with Gasteiger partial charge in [0.2, 0.25) is 0 Å². The number of pyridine rings is 1. The molecule has 0 unspecified atom stereocenters. The summed E-state index contributed by atoms with van der Waals surface area (Å²) in [5, 5.41) is 1.19. The topological polar surface area (TPSA) is 97.7 Å². The lowest BCUT2D eigenvalue weighted by Crippen LogP contribution is -2.38. The number of hydrazine groups is 1. The summed E-state index contributed by atoms with van der Waals surface area (Å²) in [4.78, 5) is 17.3. The first-order valence-electron chi connectivity index (χ1n) is 6.51. The first kappa shape index (κ1) is 18.3. The lowest BCUT2D eigenvalue weighted by atomic mass is 10.2. The third kappa shape index (κ3) is 4.93. The number of hydrogen-bond donors (Lipinski definition) is 2. The van der Waals surface area contributed by atoms with E-state index in [0.29, 0.717) is 6.61 Å². The van der Waals surface area contributed by atoms with E-state index in [1.165, 1.54) is 17.4 Å².